The maximum atomic E-state index is 10.9. The largest absolute Gasteiger partial charge is 0.476 e. The minimum atomic E-state index is -1.35. The number of carbonyl (C=O) groups excluding carboxylic acids is 1. The fraction of sp³-hybridized carbons (Fsp3) is 0.100. The summed E-state index contributed by atoms with van der Waals surface area (Å²) in [6.07, 6.45) is 0. The van der Waals surface area contributed by atoms with Gasteiger partial charge in [-0.15, -0.1) is 0 Å². The van der Waals surface area contributed by atoms with Crippen LogP contribution in [-0.4, -0.2) is 22.6 Å². The second kappa shape index (κ2) is 5.41. The molecule has 0 saturated heterocycles. The topological polar surface area (TPSA) is 78.8 Å². The smallest absolute Gasteiger partial charge is 0.360 e. The Morgan fingerprint density at radius 2 is 2.12 bits per heavy atom. The molecule has 0 heterocycles. The quantitative estimate of drug-likeness (QED) is 0.503. The molecule has 0 atom stereocenters. The summed E-state index contributed by atoms with van der Waals surface area (Å²) in [6.45, 7) is 1.15. The van der Waals surface area contributed by atoms with Crippen LogP contribution in [0, 0.1) is 0 Å². The van der Waals surface area contributed by atoms with Crippen LogP contribution in [0.5, 0.6) is 0 Å². The van der Waals surface area contributed by atoms with Crippen molar-refractivity contribution in [1.29, 1.82) is 0 Å². The molecule has 5 nitrogen and oxygen atoms in total. The average molecular weight is 285 g/mol. The first-order valence-electron chi connectivity index (χ1n) is 4.34. The molecule has 1 aromatic rings. The number of halogens is 1. The molecule has 1 rings (SSSR count). The average Bonchev–Trinajstić information content (AvgIpc) is 2.16. The normalized spacial score (nSPS) is 11.0. The Balaban J connectivity index is 2.85. The number of carboxylic acids is 1. The first-order valence-corrected chi connectivity index (χ1v) is 5.13. The number of ketones is 1. The summed E-state index contributed by atoms with van der Waals surface area (Å²) in [6, 6.07) is 6.99. The second-order valence-electron chi connectivity index (χ2n) is 2.94. The van der Waals surface area contributed by atoms with E-state index < -0.39 is 17.5 Å². The standard InChI is InChI=1S/C10H9BrN2O3/c1-6(14)9(10(15)16)13-12-8-4-2-3-7(11)5-8/h2-5,12H,1H3,(H,15,16). The SMILES string of the molecule is CC(=O)C(=NNc1cccc(Br)c1)C(=O)O. The number of hydrogen-bond donors (Lipinski definition) is 2. The van der Waals surface area contributed by atoms with Crippen LogP contribution in [0.1, 0.15) is 6.92 Å². The number of nitrogens with one attached hydrogen (secondary N) is 1. The Bertz CT molecular complexity index is 441. The van der Waals surface area contributed by atoms with Crippen molar-refractivity contribution in [2.45, 2.75) is 6.92 Å². The van der Waals surface area contributed by atoms with Gasteiger partial charge in [0, 0.05) is 11.4 Å². The predicted molar refractivity (Wildman–Crippen MR) is 63.5 cm³/mol. The van der Waals surface area contributed by atoms with E-state index in [0.717, 1.165) is 11.4 Å². The number of nitrogens with zero attached hydrogens (tertiary/aromatic N) is 1. The van der Waals surface area contributed by atoms with Gasteiger partial charge in [0.25, 0.3) is 0 Å². The lowest BCUT2D eigenvalue weighted by molar-refractivity contribution is -0.130. The lowest BCUT2D eigenvalue weighted by Crippen LogP contribution is -2.22. The molecule has 0 radical (unpaired) electrons. The minimum absolute atomic E-state index is 0.528. The summed E-state index contributed by atoms with van der Waals surface area (Å²) in [7, 11) is 0. The molecule has 6 heteroatoms. The van der Waals surface area contributed by atoms with E-state index in [2.05, 4.69) is 26.5 Å². The molecular weight excluding hydrogens is 276 g/mol. The van der Waals surface area contributed by atoms with Crippen LogP contribution >= 0.6 is 15.9 Å². The van der Waals surface area contributed by atoms with Gasteiger partial charge in [0.05, 0.1) is 5.69 Å². The van der Waals surface area contributed by atoms with Gasteiger partial charge in [0.15, 0.2) is 5.78 Å². The van der Waals surface area contributed by atoms with Gasteiger partial charge >= 0.3 is 5.97 Å². The van der Waals surface area contributed by atoms with Crippen molar-refractivity contribution in [3.8, 4) is 0 Å². The molecule has 0 fully saturated rings. The summed E-state index contributed by atoms with van der Waals surface area (Å²) < 4.78 is 0.826. The third-order valence-electron chi connectivity index (χ3n) is 1.66. The highest BCUT2D eigenvalue weighted by Gasteiger charge is 2.14. The molecule has 0 aromatic heterocycles. The van der Waals surface area contributed by atoms with Crippen molar-refractivity contribution >= 4 is 39.1 Å². The van der Waals surface area contributed by atoms with Crippen molar-refractivity contribution in [1.82, 2.24) is 0 Å². The number of hydrogen-bond acceptors (Lipinski definition) is 4. The van der Waals surface area contributed by atoms with E-state index in [9.17, 15) is 9.59 Å². The number of hydrazone groups is 1. The van der Waals surface area contributed by atoms with E-state index in [-0.39, 0.29) is 0 Å². The van der Waals surface area contributed by atoms with Crippen LogP contribution in [0.4, 0.5) is 5.69 Å². The fourth-order valence-corrected chi connectivity index (χ4v) is 1.35. The number of rotatable bonds is 4. The zero-order chi connectivity index (χ0) is 12.1. The fourth-order valence-electron chi connectivity index (χ4n) is 0.956. The van der Waals surface area contributed by atoms with Crippen LogP contribution in [0.15, 0.2) is 33.8 Å². The molecule has 0 amide bonds. The number of aliphatic carboxylic acids is 1. The molecule has 0 saturated carbocycles. The summed E-state index contributed by atoms with van der Waals surface area (Å²) in [4.78, 5) is 21.5. The Hall–Kier alpha value is -1.69. The van der Waals surface area contributed by atoms with E-state index in [4.69, 9.17) is 5.11 Å². The van der Waals surface area contributed by atoms with Gasteiger partial charge in [-0.1, -0.05) is 22.0 Å². The number of carbonyl (C=O) groups is 2. The summed E-state index contributed by atoms with van der Waals surface area (Å²) in [5, 5.41) is 12.2. The molecule has 0 aliphatic carbocycles. The van der Waals surface area contributed by atoms with E-state index in [0.29, 0.717) is 5.69 Å². The highest BCUT2D eigenvalue weighted by atomic mass is 79.9. The predicted octanol–water partition coefficient (Wildman–Crippen LogP) is 1.89. The number of Topliss-reactive ketones (excluding diaryl/α,β-unsaturated/α-hetero) is 1. The zero-order valence-corrected chi connectivity index (χ0v) is 9.98. The first kappa shape index (κ1) is 12.4. The van der Waals surface area contributed by atoms with E-state index in [1.165, 1.54) is 0 Å². The lowest BCUT2D eigenvalue weighted by Gasteiger charge is -2.01. The molecule has 0 aliphatic rings. The molecular formula is C10H9BrN2O3. The van der Waals surface area contributed by atoms with Crippen LogP contribution < -0.4 is 5.43 Å². The Morgan fingerprint density at radius 3 is 2.62 bits per heavy atom. The Kier molecular flexibility index (Phi) is 4.19. The van der Waals surface area contributed by atoms with Gasteiger partial charge in [-0.25, -0.2) is 4.79 Å². The Labute approximate surface area is 100 Å². The monoisotopic (exact) mass is 284 g/mol. The van der Waals surface area contributed by atoms with Crippen LogP contribution in [-0.2, 0) is 9.59 Å². The molecule has 0 bridgehead atoms. The van der Waals surface area contributed by atoms with Crippen molar-refractivity contribution in [2.24, 2.45) is 5.10 Å². The van der Waals surface area contributed by atoms with Crippen molar-refractivity contribution in [2.75, 3.05) is 5.43 Å². The van der Waals surface area contributed by atoms with Gasteiger partial charge < -0.3 is 5.11 Å². The molecule has 0 aliphatic heterocycles. The van der Waals surface area contributed by atoms with Gasteiger partial charge in [-0.05, 0) is 18.2 Å². The van der Waals surface area contributed by atoms with Gasteiger partial charge in [0.2, 0.25) is 5.71 Å². The highest BCUT2D eigenvalue weighted by molar-refractivity contribution is 9.10. The molecule has 0 spiro atoms. The lowest BCUT2D eigenvalue weighted by atomic mass is 10.3. The van der Waals surface area contributed by atoms with E-state index in [1.807, 2.05) is 6.07 Å². The van der Waals surface area contributed by atoms with Crippen molar-refractivity contribution < 1.29 is 14.7 Å². The summed E-state index contributed by atoms with van der Waals surface area (Å²) in [5.74, 6) is -1.95. The molecule has 1 aromatic carbocycles. The first-order chi connectivity index (χ1) is 7.50. The minimum Gasteiger partial charge on any atom is -0.476 e. The van der Waals surface area contributed by atoms with Gasteiger partial charge in [-0.2, -0.15) is 5.10 Å². The van der Waals surface area contributed by atoms with E-state index in [1.54, 1.807) is 18.2 Å². The summed E-state index contributed by atoms with van der Waals surface area (Å²) >= 11 is 3.26. The van der Waals surface area contributed by atoms with Crippen LogP contribution in [0.3, 0.4) is 0 Å². The van der Waals surface area contributed by atoms with E-state index >= 15 is 0 Å². The summed E-state index contributed by atoms with van der Waals surface area (Å²) in [5.41, 5.74) is 2.57. The van der Waals surface area contributed by atoms with Crippen LogP contribution in [0.25, 0.3) is 0 Å². The molecule has 0 unspecified atom stereocenters. The third-order valence-corrected chi connectivity index (χ3v) is 2.15. The maximum Gasteiger partial charge on any atom is 0.360 e. The molecule has 2 N–H and O–H groups in total. The number of benzene rings is 1. The highest BCUT2D eigenvalue weighted by Crippen LogP contribution is 2.15. The zero-order valence-electron chi connectivity index (χ0n) is 8.40. The maximum absolute atomic E-state index is 10.9. The Morgan fingerprint density at radius 1 is 1.44 bits per heavy atom. The van der Waals surface area contributed by atoms with Gasteiger partial charge in [0.1, 0.15) is 0 Å². The van der Waals surface area contributed by atoms with Crippen molar-refractivity contribution in [3.05, 3.63) is 28.7 Å². The second-order valence-corrected chi connectivity index (χ2v) is 3.86. The third kappa shape index (κ3) is 3.47. The number of carboxylic acid groups (broad SMARTS) is 1. The van der Waals surface area contributed by atoms with Gasteiger partial charge in [-0.3, -0.25) is 10.2 Å². The molecule has 16 heavy (non-hydrogen) atoms. The van der Waals surface area contributed by atoms with Crippen molar-refractivity contribution in [3.63, 3.8) is 0 Å². The molecule has 84 valence electrons. The number of anilines is 1. The van der Waals surface area contributed by atoms with Crippen LogP contribution in [0.2, 0.25) is 0 Å².